The Morgan fingerprint density at radius 1 is 0.893 bits per heavy atom. The van der Waals surface area contributed by atoms with Gasteiger partial charge in [-0.15, -0.1) is 0 Å². The van der Waals surface area contributed by atoms with Crippen LogP contribution in [0.15, 0.2) is 0 Å². The molecule has 10 unspecified atom stereocenters. The van der Waals surface area contributed by atoms with E-state index in [4.69, 9.17) is 4.74 Å². The fraction of sp³-hybridized carbons (Fsp3) is 1.00. The van der Waals surface area contributed by atoms with Crippen molar-refractivity contribution in [3.63, 3.8) is 0 Å². The van der Waals surface area contributed by atoms with Crippen LogP contribution in [-0.4, -0.2) is 12.2 Å². The molecule has 0 bridgehead atoms. The first-order valence-electron chi connectivity index (χ1n) is 12.9. The molecule has 0 aromatic rings. The monoisotopic (exact) mass is 386 g/mol. The van der Waals surface area contributed by atoms with Crippen LogP contribution in [0.25, 0.3) is 0 Å². The van der Waals surface area contributed by atoms with Gasteiger partial charge in [-0.25, -0.2) is 0 Å². The van der Waals surface area contributed by atoms with Crippen molar-refractivity contribution < 1.29 is 4.74 Å². The summed E-state index contributed by atoms with van der Waals surface area (Å²) in [5, 5.41) is 0. The predicted octanol–water partition coefficient (Wildman–Crippen LogP) is 7.34. The lowest BCUT2D eigenvalue weighted by molar-refractivity contribution is -0.128. The summed E-state index contributed by atoms with van der Waals surface area (Å²) in [4.78, 5) is 0. The van der Waals surface area contributed by atoms with Crippen LogP contribution in [-0.2, 0) is 4.74 Å². The second-order valence-corrected chi connectivity index (χ2v) is 12.8. The third-order valence-corrected chi connectivity index (χ3v) is 11.7. The van der Waals surface area contributed by atoms with Gasteiger partial charge in [-0.3, -0.25) is 0 Å². The Hall–Kier alpha value is -0.0400. The lowest BCUT2D eigenvalue weighted by Crippen LogP contribution is -2.54. The molecular weight excluding hydrogens is 340 g/mol. The van der Waals surface area contributed by atoms with E-state index >= 15 is 0 Å². The summed E-state index contributed by atoms with van der Waals surface area (Å²) in [6, 6.07) is 0. The fourth-order valence-corrected chi connectivity index (χ4v) is 10.4. The molecule has 0 radical (unpaired) electrons. The standard InChI is InChI=1S/C27H46O/c1-7-8-19-11-13-25(4)20(15-19)9-10-21-22(25)12-14-26(5)23(21)17(2)18(3)24(26)27(6)16-28-27/h17-24H,7-16H2,1-6H3/t17-,18?,19?,20?,21?,22?,23?,24?,25?,26?,27?/m1/s1. The molecule has 4 saturated carbocycles. The van der Waals surface area contributed by atoms with Crippen molar-refractivity contribution in [3.8, 4) is 0 Å². The highest BCUT2D eigenvalue weighted by molar-refractivity contribution is 5.17. The van der Waals surface area contributed by atoms with Crippen LogP contribution in [0.4, 0.5) is 0 Å². The number of hydrogen-bond acceptors (Lipinski definition) is 1. The molecule has 0 amide bonds. The minimum atomic E-state index is 0.198. The summed E-state index contributed by atoms with van der Waals surface area (Å²) < 4.78 is 6.09. The van der Waals surface area contributed by atoms with E-state index in [-0.39, 0.29) is 5.60 Å². The van der Waals surface area contributed by atoms with Crippen LogP contribution >= 0.6 is 0 Å². The zero-order valence-electron chi connectivity index (χ0n) is 19.6. The summed E-state index contributed by atoms with van der Waals surface area (Å²) in [6.45, 7) is 16.5. The average Bonchev–Trinajstić information content (AvgIpc) is 3.34. The third kappa shape index (κ3) is 2.59. The van der Waals surface area contributed by atoms with E-state index in [2.05, 4.69) is 41.5 Å². The van der Waals surface area contributed by atoms with Gasteiger partial charge in [-0.2, -0.15) is 0 Å². The van der Waals surface area contributed by atoms with Gasteiger partial charge >= 0.3 is 0 Å². The molecular formula is C27H46O. The maximum atomic E-state index is 6.09. The number of epoxide rings is 1. The van der Waals surface area contributed by atoms with Crippen LogP contribution in [0.1, 0.15) is 99.3 Å². The van der Waals surface area contributed by atoms with Crippen molar-refractivity contribution in [1.82, 2.24) is 0 Å². The van der Waals surface area contributed by atoms with Gasteiger partial charge in [0.05, 0.1) is 12.2 Å². The van der Waals surface area contributed by atoms with Gasteiger partial charge in [0.1, 0.15) is 0 Å². The summed E-state index contributed by atoms with van der Waals surface area (Å²) in [5.74, 6) is 7.49. The maximum Gasteiger partial charge on any atom is 0.0924 e. The smallest absolute Gasteiger partial charge is 0.0924 e. The molecule has 1 heteroatoms. The molecule has 1 heterocycles. The lowest BCUT2D eigenvalue weighted by Gasteiger charge is -2.62. The van der Waals surface area contributed by atoms with Gasteiger partial charge in [0, 0.05) is 0 Å². The predicted molar refractivity (Wildman–Crippen MR) is 117 cm³/mol. The number of rotatable bonds is 3. The molecule has 160 valence electrons. The number of hydrogen-bond donors (Lipinski definition) is 0. The normalized spacial score (nSPS) is 60.6. The Kier molecular flexibility index (Phi) is 4.60. The molecule has 0 N–H and O–H groups in total. The fourth-order valence-electron chi connectivity index (χ4n) is 10.4. The Balaban J connectivity index is 1.43. The minimum absolute atomic E-state index is 0.198. The van der Waals surface area contributed by atoms with Crippen molar-refractivity contribution in [2.45, 2.75) is 105 Å². The molecule has 4 aliphatic carbocycles. The molecule has 11 atom stereocenters. The van der Waals surface area contributed by atoms with E-state index in [9.17, 15) is 0 Å². The Bertz CT molecular complexity index is 607. The minimum Gasteiger partial charge on any atom is -0.370 e. The first kappa shape index (κ1) is 19.9. The molecule has 28 heavy (non-hydrogen) atoms. The molecule has 0 aromatic heterocycles. The van der Waals surface area contributed by atoms with Crippen LogP contribution in [0.3, 0.4) is 0 Å². The number of fused-ring (bicyclic) bond motifs is 5. The molecule has 5 rings (SSSR count). The summed E-state index contributed by atoms with van der Waals surface area (Å²) in [7, 11) is 0. The maximum absolute atomic E-state index is 6.09. The Morgan fingerprint density at radius 3 is 2.29 bits per heavy atom. The zero-order chi connectivity index (χ0) is 19.9. The van der Waals surface area contributed by atoms with Crippen LogP contribution < -0.4 is 0 Å². The largest absolute Gasteiger partial charge is 0.370 e. The van der Waals surface area contributed by atoms with E-state index in [0.717, 1.165) is 54.0 Å². The lowest BCUT2D eigenvalue weighted by atomic mass is 9.43. The molecule has 5 aliphatic rings. The van der Waals surface area contributed by atoms with Gasteiger partial charge in [-0.1, -0.05) is 47.5 Å². The van der Waals surface area contributed by atoms with Gasteiger partial charge < -0.3 is 4.74 Å². The molecule has 1 aliphatic heterocycles. The zero-order valence-corrected chi connectivity index (χ0v) is 19.6. The van der Waals surface area contributed by atoms with Crippen LogP contribution in [0.5, 0.6) is 0 Å². The SMILES string of the molecule is CCCC1CCC2(C)C(CCC3C2CCC2(C)C3[C@H](C)C(C)C2C2(C)CO2)C1. The first-order valence-corrected chi connectivity index (χ1v) is 12.9. The third-order valence-electron chi connectivity index (χ3n) is 11.7. The second kappa shape index (κ2) is 6.48. The summed E-state index contributed by atoms with van der Waals surface area (Å²) >= 11 is 0. The van der Waals surface area contributed by atoms with Gasteiger partial charge in [0.2, 0.25) is 0 Å². The highest BCUT2D eigenvalue weighted by atomic mass is 16.6. The summed E-state index contributed by atoms with van der Waals surface area (Å²) in [6.07, 6.45) is 13.5. The van der Waals surface area contributed by atoms with Crippen molar-refractivity contribution in [1.29, 1.82) is 0 Å². The number of ether oxygens (including phenoxy) is 1. The van der Waals surface area contributed by atoms with Gasteiger partial charge in [-0.05, 0) is 110 Å². The van der Waals surface area contributed by atoms with E-state index in [0.29, 0.717) is 10.8 Å². The van der Waals surface area contributed by atoms with Crippen molar-refractivity contribution >= 4 is 0 Å². The summed E-state index contributed by atoms with van der Waals surface area (Å²) in [5.41, 5.74) is 1.37. The quantitative estimate of drug-likeness (QED) is 0.462. The Labute approximate surface area is 174 Å². The van der Waals surface area contributed by atoms with E-state index < -0.39 is 0 Å². The van der Waals surface area contributed by atoms with Gasteiger partial charge in [0.15, 0.2) is 0 Å². The molecule has 1 saturated heterocycles. The van der Waals surface area contributed by atoms with E-state index in [1.807, 2.05) is 0 Å². The van der Waals surface area contributed by atoms with E-state index in [1.165, 1.54) is 51.4 Å². The highest BCUT2D eigenvalue weighted by Crippen LogP contribution is 2.72. The van der Waals surface area contributed by atoms with Crippen LogP contribution in [0.2, 0.25) is 0 Å². The van der Waals surface area contributed by atoms with Crippen molar-refractivity contribution in [2.75, 3.05) is 6.61 Å². The molecule has 1 nitrogen and oxygen atoms in total. The second-order valence-electron chi connectivity index (χ2n) is 12.8. The van der Waals surface area contributed by atoms with Crippen molar-refractivity contribution in [2.24, 2.45) is 58.2 Å². The van der Waals surface area contributed by atoms with E-state index in [1.54, 1.807) is 6.42 Å². The molecule has 0 aromatic carbocycles. The van der Waals surface area contributed by atoms with Crippen LogP contribution in [0, 0.1) is 58.2 Å². The topological polar surface area (TPSA) is 12.5 Å². The molecule has 0 spiro atoms. The average molecular weight is 387 g/mol. The Morgan fingerprint density at radius 2 is 1.61 bits per heavy atom. The molecule has 5 fully saturated rings. The first-order chi connectivity index (χ1) is 13.2. The van der Waals surface area contributed by atoms with Crippen molar-refractivity contribution in [3.05, 3.63) is 0 Å². The highest BCUT2D eigenvalue weighted by Gasteiger charge is 2.69. The van der Waals surface area contributed by atoms with Gasteiger partial charge in [0.25, 0.3) is 0 Å².